The molecule has 1 N–H and O–H groups in total. The Morgan fingerprint density at radius 3 is 2.67 bits per heavy atom. The molecule has 0 amide bonds. The first-order valence-electron chi connectivity index (χ1n) is 6.26. The summed E-state index contributed by atoms with van der Waals surface area (Å²) in [5, 5.41) is 13.7. The molecule has 2 atom stereocenters. The molecule has 1 fully saturated rings. The third kappa shape index (κ3) is 2.28. The van der Waals surface area contributed by atoms with Crippen LogP contribution < -0.4 is 10.6 Å². The smallest absolute Gasteiger partial charge is 0.127 e. The zero-order valence-corrected chi connectivity index (χ0v) is 11.7. The molecular formula is C14H18FN2P. The minimum atomic E-state index is -0.446. The van der Waals surface area contributed by atoms with Crippen LogP contribution in [-0.2, 0) is 0 Å². The van der Waals surface area contributed by atoms with Crippen LogP contribution >= 0.6 is 9.24 Å². The van der Waals surface area contributed by atoms with Crippen LogP contribution in [0.5, 0.6) is 0 Å². The van der Waals surface area contributed by atoms with E-state index in [-0.39, 0.29) is 11.7 Å². The van der Waals surface area contributed by atoms with Gasteiger partial charge in [-0.3, -0.25) is 0 Å². The molecule has 4 heteroatoms. The predicted molar refractivity (Wildman–Crippen MR) is 74.3 cm³/mol. The van der Waals surface area contributed by atoms with E-state index in [2.05, 4.69) is 20.6 Å². The standard InChI is InChI=1S/C14H18FN2P/c1-10(13-11(15)3-2-4-12(13)18)14(9-16)5-7-17-8-6-14/h2-4,10,17H,5-8,18H2,1H3. The molecule has 0 bridgehead atoms. The maximum atomic E-state index is 14.0. The highest BCUT2D eigenvalue weighted by Gasteiger charge is 2.40. The van der Waals surface area contributed by atoms with Crippen molar-refractivity contribution in [3.8, 4) is 6.07 Å². The summed E-state index contributed by atoms with van der Waals surface area (Å²) in [6.45, 7) is 3.64. The molecular weight excluding hydrogens is 246 g/mol. The third-order valence-electron chi connectivity index (χ3n) is 4.07. The topological polar surface area (TPSA) is 35.8 Å². The van der Waals surface area contributed by atoms with Gasteiger partial charge in [0.05, 0.1) is 11.5 Å². The Balaban J connectivity index is 2.41. The Bertz CT molecular complexity index is 455. The second-order valence-corrected chi connectivity index (χ2v) is 5.60. The van der Waals surface area contributed by atoms with Gasteiger partial charge in [-0.2, -0.15) is 5.26 Å². The van der Waals surface area contributed by atoms with Gasteiger partial charge >= 0.3 is 0 Å². The van der Waals surface area contributed by atoms with E-state index in [9.17, 15) is 9.65 Å². The molecule has 0 aromatic heterocycles. The molecule has 1 heterocycles. The average Bonchev–Trinajstić information content (AvgIpc) is 2.39. The van der Waals surface area contributed by atoms with Gasteiger partial charge in [-0.25, -0.2) is 4.39 Å². The number of rotatable bonds is 2. The summed E-state index contributed by atoms with van der Waals surface area (Å²) in [6, 6.07) is 7.52. The van der Waals surface area contributed by atoms with Crippen LogP contribution in [0.25, 0.3) is 0 Å². The first-order valence-corrected chi connectivity index (χ1v) is 6.84. The summed E-state index contributed by atoms with van der Waals surface area (Å²) in [7, 11) is 2.58. The average molecular weight is 264 g/mol. The van der Waals surface area contributed by atoms with Crippen LogP contribution in [0.4, 0.5) is 4.39 Å². The van der Waals surface area contributed by atoms with Gasteiger partial charge in [-0.15, -0.1) is 9.24 Å². The van der Waals surface area contributed by atoms with Crippen molar-refractivity contribution in [3.05, 3.63) is 29.6 Å². The summed E-state index contributed by atoms with van der Waals surface area (Å²) < 4.78 is 14.0. The molecule has 1 aromatic carbocycles. The van der Waals surface area contributed by atoms with Crippen LogP contribution in [0, 0.1) is 22.6 Å². The molecule has 1 aliphatic heterocycles. The second kappa shape index (κ2) is 5.34. The molecule has 0 aliphatic carbocycles. The van der Waals surface area contributed by atoms with Gasteiger partial charge in [0.2, 0.25) is 0 Å². The molecule has 1 aliphatic rings. The summed E-state index contributed by atoms with van der Waals surface area (Å²) >= 11 is 0. The molecule has 2 rings (SSSR count). The Hall–Kier alpha value is -0.970. The van der Waals surface area contributed by atoms with E-state index in [1.54, 1.807) is 6.07 Å². The first-order chi connectivity index (χ1) is 8.60. The number of hydrogen-bond acceptors (Lipinski definition) is 2. The Kier molecular flexibility index (Phi) is 4.00. The van der Waals surface area contributed by atoms with Gasteiger partial charge in [-0.1, -0.05) is 19.1 Å². The van der Waals surface area contributed by atoms with E-state index in [0.29, 0.717) is 5.56 Å². The summed E-state index contributed by atoms with van der Waals surface area (Å²) in [5.41, 5.74) is 0.227. The SMILES string of the molecule is CC(c1c(F)cccc1P)C1(C#N)CCNCC1. The van der Waals surface area contributed by atoms with E-state index in [1.807, 2.05) is 13.0 Å². The number of nitrogens with one attached hydrogen (secondary N) is 1. The molecule has 1 aromatic rings. The zero-order chi connectivity index (χ0) is 13.2. The Morgan fingerprint density at radius 1 is 1.44 bits per heavy atom. The lowest BCUT2D eigenvalue weighted by Gasteiger charge is -2.37. The fourth-order valence-electron chi connectivity index (χ4n) is 2.80. The molecule has 0 saturated carbocycles. The molecule has 2 nitrogen and oxygen atoms in total. The predicted octanol–water partition coefficient (Wildman–Crippen LogP) is 2.32. The van der Waals surface area contributed by atoms with Gasteiger partial charge in [0.15, 0.2) is 0 Å². The van der Waals surface area contributed by atoms with Gasteiger partial charge in [0, 0.05) is 5.92 Å². The van der Waals surface area contributed by atoms with Crippen molar-refractivity contribution in [3.63, 3.8) is 0 Å². The quantitative estimate of drug-likeness (QED) is 0.832. The monoisotopic (exact) mass is 264 g/mol. The Labute approximate surface area is 110 Å². The molecule has 1 saturated heterocycles. The number of nitrogens with zero attached hydrogens (tertiary/aromatic N) is 1. The summed E-state index contributed by atoms with van der Waals surface area (Å²) in [6.07, 6.45) is 1.56. The first kappa shape index (κ1) is 13.5. The lowest BCUT2D eigenvalue weighted by Crippen LogP contribution is -2.40. The van der Waals surface area contributed by atoms with E-state index >= 15 is 0 Å². The van der Waals surface area contributed by atoms with Gasteiger partial charge < -0.3 is 5.32 Å². The van der Waals surface area contributed by atoms with Crippen molar-refractivity contribution in [2.24, 2.45) is 5.41 Å². The number of nitriles is 1. The minimum absolute atomic E-state index is 0.0849. The van der Waals surface area contributed by atoms with Crippen LogP contribution in [0.3, 0.4) is 0 Å². The van der Waals surface area contributed by atoms with E-state index in [4.69, 9.17) is 0 Å². The summed E-state index contributed by atoms with van der Waals surface area (Å²) in [5.74, 6) is -0.290. The van der Waals surface area contributed by atoms with Crippen molar-refractivity contribution in [1.29, 1.82) is 5.26 Å². The lowest BCUT2D eigenvalue weighted by atomic mass is 9.68. The van der Waals surface area contributed by atoms with E-state index in [0.717, 1.165) is 31.2 Å². The number of hydrogen-bond donors (Lipinski definition) is 1. The molecule has 2 unspecified atom stereocenters. The third-order valence-corrected chi connectivity index (χ3v) is 4.57. The Morgan fingerprint density at radius 2 is 2.11 bits per heavy atom. The fraction of sp³-hybridized carbons (Fsp3) is 0.500. The minimum Gasteiger partial charge on any atom is -0.317 e. The highest BCUT2D eigenvalue weighted by molar-refractivity contribution is 7.27. The molecule has 0 radical (unpaired) electrons. The lowest BCUT2D eigenvalue weighted by molar-refractivity contribution is 0.236. The fourth-order valence-corrected chi connectivity index (χ4v) is 3.30. The molecule has 96 valence electrons. The number of halogens is 1. The zero-order valence-electron chi connectivity index (χ0n) is 10.5. The van der Waals surface area contributed by atoms with Gasteiger partial charge in [-0.05, 0) is 42.9 Å². The van der Waals surface area contributed by atoms with Crippen LogP contribution in [0.2, 0.25) is 0 Å². The second-order valence-electron chi connectivity index (χ2n) is 4.98. The van der Waals surface area contributed by atoms with Crippen LogP contribution in [-0.4, -0.2) is 13.1 Å². The van der Waals surface area contributed by atoms with Crippen LogP contribution in [0.1, 0.15) is 31.2 Å². The van der Waals surface area contributed by atoms with Crippen LogP contribution in [0.15, 0.2) is 18.2 Å². The van der Waals surface area contributed by atoms with Crippen molar-refractivity contribution < 1.29 is 4.39 Å². The highest BCUT2D eigenvalue weighted by atomic mass is 31.0. The molecule has 0 spiro atoms. The maximum Gasteiger partial charge on any atom is 0.127 e. The van der Waals surface area contributed by atoms with Crippen molar-refractivity contribution in [1.82, 2.24) is 5.32 Å². The summed E-state index contributed by atoms with van der Waals surface area (Å²) in [4.78, 5) is 0. The van der Waals surface area contributed by atoms with Crippen molar-refractivity contribution >= 4 is 14.5 Å². The van der Waals surface area contributed by atoms with Gasteiger partial charge in [0.1, 0.15) is 5.82 Å². The van der Waals surface area contributed by atoms with Crippen molar-refractivity contribution in [2.45, 2.75) is 25.7 Å². The van der Waals surface area contributed by atoms with E-state index < -0.39 is 5.41 Å². The maximum absolute atomic E-state index is 14.0. The van der Waals surface area contributed by atoms with Crippen molar-refractivity contribution in [2.75, 3.05) is 13.1 Å². The highest BCUT2D eigenvalue weighted by Crippen LogP contribution is 2.42. The normalized spacial score (nSPS) is 20.1. The van der Waals surface area contributed by atoms with E-state index in [1.165, 1.54) is 6.07 Å². The van der Waals surface area contributed by atoms with Gasteiger partial charge in [0.25, 0.3) is 0 Å². The number of benzene rings is 1. The number of piperidine rings is 1. The largest absolute Gasteiger partial charge is 0.317 e. The molecule has 18 heavy (non-hydrogen) atoms.